The van der Waals surface area contributed by atoms with E-state index in [9.17, 15) is 0 Å². The van der Waals surface area contributed by atoms with Crippen LogP contribution in [0.1, 0.15) is 42.5 Å². The molecule has 3 rings (SSSR count). The van der Waals surface area contributed by atoms with Crippen molar-refractivity contribution >= 4 is 0 Å². The van der Waals surface area contributed by atoms with Gasteiger partial charge >= 0.3 is 0 Å². The molecule has 3 unspecified atom stereocenters. The molecule has 1 aromatic rings. The van der Waals surface area contributed by atoms with Gasteiger partial charge in [-0.2, -0.15) is 0 Å². The smallest absolute Gasteiger partial charge is 0.0424 e. The van der Waals surface area contributed by atoms with Gasteiger partial charge in [-0.05, 0) is 56.8 Å². The van der Waals surface area contributed by atoms with E-state index in [1.807, 2.05) is 0 Å². The van der Waals surface area contributed by atoms with Crippen molar-refractivity contribution in [2.75, 3.05) is 26.2 Å². The summed E-state index contributed by atoms with van der Waals surface area (Å²) in [4.78, 5) is 5.27. The molecule has 1 aromatic carbocycles. The van der Waals surface area contributed by atoms with E-state index in [4.69, 9.17) is 5.73 Å². The van der Waals surface area contributed by atoms with Crippen LogP contribution in [0.5, 0.6) is 0 Å². The highest BCUT2D eigenvalue weighted by Gasteiger charge is 2.34. The van der Waals surface area contributed by atoms with E-state index in [1.165, 1.54) is 49.2 Å². The average Bonchev–Trinajstić information content (AvgIpc) is 2.89. The molecule has 116 valence electrons. The van der Waals surface area contributed by atoms with Crippen molar-refractivity contribution in [3.63, 3.8) is 0 Å². The summed E-state index contributed by atoms with van der Waals surface area (Å²) in [7, 11) is 0. The molecule has 2 saturated heterocycles. The molecule has 2 fully saturated rings. The van der Waals surface area contributed by atoms with Gasteiger partial charge in [-0.25, -0.2) is 0 Å². The zero-order chi connectivity index (χ0) is 15.0. The van der Waals surface area contributed by atoms with Crippen LogP contribution in [-0.2, 0) is 0 Å². The zero-order valence-electron chi connectivity index (χ0n) is 13.7. The fraction of sp³-hybridized carbons (Fsp3) is 0.667. The Hall–Kier alpha value is -0.900. The number of fused-ring (bicyclic) bond motifs is 1. The van der Waals surface area contributed by atoms with Crippen LogP contribution in [0.3, 0.4) is 0 Å². The fourth-order valence-corrected chi connectivity index (χ4v) is 3.86. The quantitative estimate of drug-likeness (QED) is 0.927. The van der Waals surface area contributed by atoms with Gasteiger partial charge in [-0.1, -0.05) is 18.2 Å². The monoisotopic (exact) mass is 287 g/mol. The molecular weight excluding hydrogens is 258 g/mol. The summed E-state index contributed by atoms with van der Waals surface area (Å²) in [6.07, 6.45) is 2.73. The minimum absolute atomic E-state index is 0.125. The largest absolute Gasteiger partial charge is 0.323 e. The van der Waals surface area contributed by atoms with Crippen molar-refractivity contribution in [1.29, 1.82) is 0 Å². The van der Waals surface area contributed by atoms with Crippen LogP contribution in [0.2, 0.25) is 0 Å². The zero-order valence-corrected chi connectivity index (χ0v) is 13.7. The minimum Gasteiger partial charge on any atom is -0.323 e. The molecule has 0 bridgehead atoms. The molecule has 3 atom stereocenters. The van der Waals surface area contributed by atoms with Gasteiger partial charge < -0.3 is 5.73 Å². The topological polar surface area (TPSA) is 32.5 Å². The van der Waals surface area contributed by atoms with Crippen LogP contribution in [0, 0.1) is 13.8 Å². The van der Waals surface area contributed by atoms with Gasteiger partial charge in [0.15, 0.2) is 0 Å². The lowest BCUT2D eigenvalue weighted by Gasteiger charge is -2.43. The van der Waals surface area contributed by atoms with Crippen molar-refractivity contribution in [3.8, 4) is 0 Å². The average molecular weight is 287 g/mol. The Bertz CT molecular complexity index is 499. The van der Waals surface area contributed by atoms with Gasteiger partial charge in [-0.3, -0.25) is 9.80 Å². The standard InChI is InChI=1S/C18H29N3/c1-13-6-7-16(9-14(13)2)18(19)12-21-11-17-5-4-8-20(17)10-15(21)3/h6-7,9,15,17-18H,4-5,8,10-12,19H2,1-3H3. The predicted molar refractivity (Wildman–Crippen MR) is 88.5 cm³/mol. The van der Waals surface area contributed by atoms with Crippen molar-refractivity contribution in [1.82, 2.24) is 9.80 Å². The molecule has 2 heterocycles. The highest BCUT2D eigenvalue weighted by atomic mass is 15.3. The van der Waals surface area contributed by atoms with E-state index in [0.29, 0.717) is 6.04 Å². The number of hydrogen-bond donors (Lipinski definition) is 1. The molecule has 0 spiro atoms. The lowest BCUT2D eigenvalue weighted by atomic mass is 10.00. The number of nitrogens with zero attached hydrogens (tertiary/aromatic N) is 2. The van der Waals surface area contributed by atoms with Crippen LogP contribution >= 0.6 is 0 Å². The van der Waals surface area contributed by atoms with Crippen LogP contribution in [0.4, 0.5) is 0 Å². The summed E-state index contributed by atoms with van der Waals surface area (Å²) in [5, 5.41) is 0. The van der Waals surface area contributed by atoms with E-state index >= 15 is 0 Å². The van der Waals surface area contributed by atoms with E-state index in [0.717, 1.165) is 12.6 Å². The van der Waals surface area contributed by atoms with Crippen molar-refractivity contribution in [2.24, 2.45) is 5.73 Å². The molecule has 0 aliphatic carbocycles. The molecule has 0 saturated carbocycles. The predicted octanol–water partition coefficient (Wildman–Crippen LogP) is 2.47. The molecular formula is C18H29N3. The summed E-state index contributed by atoms with van der Waals surface area (Å²) >= 11 is 0. The Morgan fingerprint density at radius 2 is 2.05 bits per heavy atom. The lowest BCUT2D eigenvalue weighted by Crippen LogP contribution is -2.56. The molecule has 0 amide bonds. The Kier molecular flexibility index (Phi) is 4.34. The molecule has 2 aliphatic heterocycles. The molecule has 0 radical (unpaired) electrons. The second-order valence-corrected chi connectivity index (χ2v) is 7.04. The van der Waals surface area contributed by atoms with Gasteiger partial charge in [0.05, 0.1) is 0 Å². The van der Waals surface area contributed by atoms with Gasteiger partial charge in [0, 0.05) is 37.8 Å². The second kappa shape index (κ2) is 6.07. The fourth-order valence-electron chi connectivity index (χ4n) is 3.86. The number of benzene rings is 1. The number of nitrogens with two attached hydrogens (primary N) is 1. The third-order valence-electron chi connectivity index (χ3n) is 5.46. The Morgan fingerprint density at radius 1 is 1.24 bits per heavy atom. The maximum atomic E-state index is 6.49. The summed E-state index contributed by atoms with van der Waals surface area (Å²) < 4.78 is 0. The summed E-state index contributed by atoms with van der Waals surface area (Å²) in [6.45, 7) is 11.4. The van der Waals surface area contributed by atoms with E-state index in [1.54, 1.807) is 0 Å². The van der Waals surface area contributed by atoms with E-state index in [-0.39, 0.29) is 6.04 Å². The Labute approximate surface area is 129 Å². The summed E-state index contributed by atoms with van der Waals surface area (Å²) in [5.74, 6) is 0. The van der Waals surface area contributed by atoms with Crippen molar-refractivity contribution in [2.45, 2.75) is 51.7 Å². The SMILES string of the molecule is Cc1ccc(C(N)CN2CC3CCCN3CC2C)cc1C. The van der Waals surface area contributed by atoms with Gasteiger partial charge in [-0.15, -0.1) is 0 Å². The third-order valence-corrected chi connectivity index (χ3v) is 5.46. The van der Waals surface area contributed by atoms with Gasteiger partial charge in [0.25, 0.3) is 0 Å². The maximum absolute atomic E-state index is 6.49. The van der Waals surface area contributed by atoms with E-state index in [2.05, 4.69) is 48.8 Å². The molecule has 3 heteroatoms. The van der Waals surface area contributed by atoms with Crippen LogP contribution in [0.15, 0.2) is 18.2 Å². The second-order valence-electron chi connectivity index (χ2n) is 7.04. The van der Waals surface area contributed by atoms with Crippen LogP contribution in [0.25, 0.3) is 0 Å². The molecule has 21 heavy (non-hydrogen) atoms. The first-order valence-electron chi connectivity index (χ1n) is 8.35. The van der Waals surface area contributed by atoms with Crippen LogP contribution < -0.4 is 5.73 Å². The van der Waals surface area contributed by atoms with Crippen LogP contribution in [-0.4, -0.2) is 48.1 Å². The molecule has 3 nitrogen and oxygen atoms in total. The highest BCUT2D eigenvalue weighted by molar-refractivity contribution is 5.31. The Balaban J connectivity index is 1.66. The van der Waals surface area contributed by atoms with Gasteiger partial charge in [0.2, 0.25) is 0 Å². The van der Waals surface area contributed by atoms with Gasteiger partial charge in [0.1, 0.15) is 0 Å². The minimum atomic E-state index is 0.125. The molecule has 2 N–H and O–H groups in total. The highest BCUT2D eigenvalue weighted by Crippen LogP contribution is 2.26. The first-order valence-corrected chi connectivity index (χ1v) is 8.35. The summed E-state index contributed by atoms with van der Waals surface area (Å²) in [6, 6.07) is 8.17. The third kappa shape index (κ3) is 3.15. The maximum Gasteiger partial charge on any atom is 0.0424 e. The first-order chi connectivity index (χ1) is 10.0. The number of hydrogen-bond acceptors (Lipinski definition) is 3. The number of rotatable bonds is 3. The summed E-state index contributed by atoms with van der Waals surface area (Å²) in [5.41, 5.74) is 10.5. The molecule has 0 aromatic heterocycles. The molecule has 2 aliphatic rings. The number of piperazine rings is 1. The first kappa shape index (κ1) is 15.0. The van der Waals surface area contributed by atoms with Crippen molar-refractivity contribution in [3.05, 3.63) is 34.9 Å². The van der Waals surface area contributed by atoms with Crippen molar-refractivity contribution < 1.29 is 0 Å². The Morgan fingerprint density at radius 3 is 2.81 bits per heavy atom. The van der Waals surface area contributed by atoms with E-state index < -0.39 is 0 Å². The lowest BCUT2D eigenvalue weighted by molar-refractivity contribution is 0.0553. The number of aryl methyl sites for hydroxylation is 2. The normalized spacial score (nSPS) is 28.6.